The molecule has 3 rings (SSSR count). The van der Waals surface area contributed by atoms with Crippen molar-refractivity contribution in [3.63, 3.8) is 0 Å². The predicted octanol–water partition coefficient (Wildman–Crippen LogP) is 5.23. The van der Waals surface area contributed by atoms with Crippen LogP contribution in [0.4, 0.5) is 0 Å². The van der Waals surface area contributed by atoms with E-state index in [2.05, 4.69) is 0 Å². The third-order valence-electron chi connectivity index (χ3n) is 5.45. The van der Waals surface area contributed by atoms with Crippen LogP contribution in [0.3, 0.4) is 0 Å². The second-order valence-electron chi connectivity index (χ2n) is 7.86. The molecule has 3 aromatic rings. The molecule has 0 aliphatic rings. The molecule has 0 unspecified atom stereocenters. The van der Waals surface area contributed by atoms with Crippen molar-refractivity contribution in [3.8, 4) is 23.0 Å². The summed E-state index contributed by atoms with van der Waals surface area (Å²) in [4.78, 5) is 24.3. The summed E-state index contributed by atoms with van der Waals surface area (Å²) in [5, 5.41) is 0. The van der Waals surface area contributed by atoms with Crippen LogP contribution in [-0.2, 0) is 32.3 Å². The largest absolute Gasteiger partial charge is 0.493 e. The van der Waals surface area contributed by atoms with Gasteiger partial charge in [0.2, 0.25) is 0 Å². The van der Waals surface area contributed by atoms with Gasteiger partial charge in [0.25, 0.3) is 0 Å². The predicted molar refractivity (Wildman–Crippen MR) is 143 cm³/mol. The molecule has 0 N–H and O–H groups in total. The van der Waals surface area contributed by atoms with Crippen LogP contribution in [0.5, 0.6) is 23.0 Å². The molecule has 8 nitrogen and oxygen atoms in total. The number of esters is 2. The quantitative estimate of drug-likeness (QED) is 0.238. The van der Waals surface area contributed by atoms with E-state index in [0.717, 1.165) is 11.1 Å². The van der Waals surface area contributed by atoms with Crippen LogP contribution in [0, 0.1) is 0 Å². The monoisotopic (exact) mass is 518 g/mol. The summed E-state index contributed by atoms with van der Waals surface area (Å²) in [6.07, 6.45) is 5.89. The van der Waals surface area contributed by atoms with Gasteiger partial charge in [0.15, 0.2) is 23.0 Å². The third-order valence-corrected chi connectivity index (χ3v) is 5.45. The zero-order chi connectivity index (χ0) is 27.3. The van der Waals surface area contributed by atoms with E-state index >= 15 is 0 Å². The molecule has 0 aromatic heterocycles. The first-order chi connectivity index (χ1) is 18.5. The lowest BCUT2D eigenvalue weighted by molar-refractivity contribution is -0.139. The topological polar surface area (TPSA) is 89.5 Å². The fourth-order valence-corrected chi connectivity index (χ4v) is 3.54. The molecule has 3 aromatic carbocycles. The maximum Gasteiger partial charge on any atom is 0.331 e. The van der Waals surface area contributed by atoms with E-state index < -0.39 is 11.9 Å². The maximum absolute atomic E-state index is 12.2. The van der Waals surface area contributed by atoms with Gasteiger partial charge in [-0.05, 0) is 35.4 Å². The number of methoxy groups -OCH3 is 4. The molecule has 0 aliphatic heterocycles. The summed E-state index contributed by atoms with van der Waals surface area (Å²) in [5.74, 6) is 1.22. The Labute approximate surface area is 222 Å². The summed E-state index contributed by atoms with van der Waals surface area (Å²) in [6.45, 7) is 0.202. The first kappa shape index (κ1) is 27.9. The van der Waals surface area contributed by atoms with Gasteiger partial charge in [-0.1, -0.05) is 48.5 Å². The number of carbonyl (C=O) groups is 2. The highest BCUT2D eigenvalue weighted by Crippen LogP contribution is 2.32. The van der Waals surface area contributed by atoms with Crippen LogP contribution in [0.2, 0.25) is 0 Å². The lowest BCUT2D eigenvalue weighted by Gasteiger charge is -2.10. The highest BCUT2D eigenvalue weighted by Gasteiger charge is 2.09. The molecule has 0 heterocycles. The minimum atomic E-state index is -0.493. The van der Waals surface area contributed by atoms with Crippen LogP contribution >= 0.6 is 0 Å². The SMILES string of the molecule is COc1cccc(C=CC(=O)OCc2ccc(COC(=O)C=Cc3cccc(OC)c3OC)cc2)c1OC. The van der Waals surface area contributed by atoms with Crippen LogP contribution in [0.1, 0.15) is 22.3 Å². The fourth-order valence-electron chi connectivity index (χ4n) is 3.54. The number of ether oxygens (including phenoxy) is 6. The molecule has 0 bridgehead atoms. The number of carbonyl (C=O) groups excluding carboxylic acids is 2. The van der Waals surface area contributed by atoms with Gasteiger partial charge in [0, 0.05) is 23.3 Å². The maximum atomic E-state index is 12.2. The van der Waals surface area contributed by atoms with Crippen molar-refractivity contribution in [2.45, 2.75) is 13.2 Å². The molecule has 8 heteroatoms. The van der Waals surface area contributed by atoms with Crippen molar-refractivity contribution < 1.29 is 38.0 Å². The second-order valence-corrected chi connectivity index (χ2v) is 7.86. The molecule has 0 saturated carbocycles. The van der Waals surface area contributed by atoms with Gasteiger partial charge >= 0.3 is 11.9 Å². The highest BCUT2D eigenvalue weighted by atomic mass is 16.5. The van der Waals surface area contributed by atoms with E-state index in [1.165, 1.54) is 26.4 Å². The lowest BCUT2D eigenvalue weighted by Crippen LogP contribution is -2.02. The van der Waals surface area contributed by atoms with Crippen molar-refractivity contribution in [1.82, 2.24) is 0 Å². The van der Waals surface area contributed by atoms with Gasteiger partial charge in [0.1, 0.15) is 13.2 Å². The number of rotatable bonds is 12. The average Bonchev–Trinajstić information content (AvgIpc) is 2.96. The van der Waals surface area contributed by atoms with Gasteiger partial charge < -0.3 is 28.4 Å². The van der Waals surface area contributed by atoms with E-state index in [4.69, 9.17) is 28.4 Å². The molecular weight excluding hydrogens is 488 g/mol. The number of hydrogen-bond donors (Lipinski definition) is 0. The number of para-hydroxylation sites is 2. The minimum Gasteiger partial charge on any atom is -0.493 e. The lowest BCUT2D eigenvalue weighted by atomic mass is 10.1. The molecule has 0 atom stereocenters. The standard InChI is InChI=1S/C30H30O8/c1-33-25-9-5-7-23(29(25)35-3)15-17-27(31)37-19-21-11-13-22(14-12-21)20-38-28(32)18-16-24-8-6-10-26(34-2)30(24)36-4/h5-18H,19-20H2,1-4H3. The molecule has 0 amide bonds. The Bertz CT molecular complexity index is 1190. The van der Waals surface area contributed by atoms with Gasteiger partial charge in [-0.15, -0.1) is 0 Å². The van der Waals surface area contributed by atoms with Crippen molar-refractivity contribution in [1.29, 1.82) is 0 Å². The van der Waals surface area contributed by atoms with Crippen LogP contribution in [0.25, 0.3) is 12.2 Å². The van der Waals surface area contributed by atoms with Gasteiger partial charge in [-0.25, -0.2) is 9.59 Å². The molecule has 0 spiro atoms. The molecule has 38 heavy (non-hydrogen) atoms. The first-order valence-corrected chi connectivity index (χ1v) is 11.7. The Kier molecular flexibility index (Phi) is 10.4. The van der Waals surface area contributed by atoms with Crippen LogP contribution in [0.15, 0.2) is 72.8 Å². The zero-order valence-corrected chi connectivity index (χ0v) is 21.8. The van der Waals surface area contributed by atoms with E-state index in [9.17, 15) is 9.59 Å². The highest BCUT2D eigenvalue weighted by molar-refractivity contribution is 5.88. The van der Waals surface area contributed by atoms with E-state index in [1.807, 2.05) is 36.4 Å². The molecule has 0 fully saturated rings. The molecule has 0 aliphatic carbocycles. The van der Waals surface area contributed by atoms with Gasteiger partial charge in [-0.3, -0.25) is 0 Å². The Morgan fingerprint density at radius 2 is 0.974 bits per heavy atom. The van der Waals surface area contributed by atoms with Crippen molar-refractivity contribution in [2.24, 2.45) is 0 Å². The minimum absolute atomic E-state index is 0.101. The molecular formula is C30H30O8. The van der Waals surface area contributed by atoms with Crippen LogP contribution < -0.4 is 18.9 Å². The average molecular weight is 519 g/mol. The fraction of sp³-hybridized carbons (Fsp3) is 0.200. The Balaban J connectivity index is 1.48. The number of benzene rings is 3. The Morgan fingerprint density at radius 3 is 1.32 bits per heavy atom. The Hall–Kier alpha value is -4.72. The van der Waals surface area contributed by atoms with Gasteiger partial charge in [0.05, 0.1) is 28.4 Å². The normalized spacial score (nSPS) is 10.8. The van der Waals surface area contributed by atoms with E-state index in [0.29, 0.717) is 34.1 Å². The van der Waals surface area contributed by atoms with Crippen molar-refractivity contribution in [2.75, 3.05) is 28.4 Å². The molecule has 0 saturated heterocycles. The summed E-state index contributed by atoms with van der Waals surface area (Å²) >= 11 is 0. The van der Waals surface area contributed by atoms with Gasteiger partial charge in [-0.2, -0.15) is 0 Å². The van der Waals surface area contributed by atoms with E-state index in [-0.39, 0.29) is 13.2 Å². The first-order valence-electron chi connectivity index (χ1n) is 11.7. The zero-order valence-electron chi connectivity index (χ0n) is 21.8. The summed E-state index contributed by atoms with van der Waals surface area (Å²) in [5.41, 5.74) is 2.98. The van der Waals surface area contributed by atoms with Crippen molar-refractivity contribution in [3.05, 3.63) is 95.1 Å². The second kappa shape index (κ2) is 14.1. The smallest absolute Gasteiger partial charge is 0.331 e. The summed E-state index contributed by atoms with van der Waals surface area (Å²) in [7, 11) is 6.17. The summed E-state index contributed by atoms with van der Waals surface area (Å²) < 4.78 is 31.9. The van der Waals surface area contributed by atoms with Crippen LogP contribution in [-0.4, -0.2) is 40.4 Å². The molecule has 0 radical (unpaired) electrons. The molecule has 198 valence electrons. The number of hydrogen-bond acceptors (Lipinski definition) is 8. The van der Waals surface area contributed by atoms with E-state index in [1.54, 1.807) is 50.6 Å². The third kappa shape index (κ3) is 7.64. The summed E-state index contributed by atoms with van der Waals surface area (Å²) in [6, 6.07) is 18.0. The Morgan fingerprint density at radius 1 is 0.579 bits per heavy atom. The van der Waals surface area contributed by atoms with Crippen molar-refractivity contribution >= 4 is 24.1 Å².